The molecule has 1 unspecified atom stereocenters. The van der Waals surface area contributed by atoms with E-state index in [9.17, 15) is 14.7 Å². The predicted octanol–water partition coefficient (Wildman–Crippen LogP) is 5.97. The second-order valence-electron chi connectivity index (χ2n) is 9.19. The molecule has 1 atom stereocenters. The molecule has 0 aliphatic carbocycles. The summed E-state index contributed by atoms with van der Waals surface area (Å²) in [6.45, 7) is 2.36. The molecular formula is C31H26ClN3O4. The summed E-state index contributed by atoms with van der Waals surface area (Å²) in [4.78, 5) is 29.7. The highest BCUT2D eigenvalue weighted by molar-refractivity contribution is 6.30. The molecule has 7 nitrogen and oxygen atoms in total. The molecule has 0 aliphatic heterocycles. The number of benzene rings is 3. The molecule has 0 bridgehead atoms. The van der Waals surface area contributed by atoms with Crippen molar-refractivity contribution in [3.8, 4) is 17.0 Å². The lowest BCUT2D eigenvalue weighted by molar-refractivity contribution is -0.139. The summed E-state index contributed by atoms with van der Waals surface area (Å²) >= 11 is 6.01. The van der Waals surface area contributed by atoms with Gasteiger partial charge >= 0.3 is 5.97 Å². The van der Waals surface area contributed by atoms with Crippen LogP contribution in [-0.2, 0) is 17.8 Å². The quantitative estimate of drug-likeness (QED) is 0.241. The number of aliphatic carboxylic acids is 1. The van der Waals surface area contributed by atoms with E-state index in [0.717, 1.165) is 28.1 Å². The molecule has 5 rings (SSSR count). The number of amides is 1. The first-order valence-corrected chi connectivity index (χ1v) is 12.8. The number of aryl methyl sites for hydroxylation is 1. The average Bonchev–Trinajstić information content (AvgIpc) is 3.28. The van der Waals surface area contributed by atoms with E-state index in [0.29, 0.717) is 28.6 Å². The number of halogens is 1. The molecule has 2 heterocycles. The van der Waals surface area contributed by atoms with Crippen LogP contribution >= 0.6 is 11.6 Å². The van der Waals surface area contributed by atoms with Gasteiger partial charge in [-0.3, -0.25) is 4.79 Å². The Morgan fingerprint density at radius 2 is 1.67 bits per heavy atom. The van der Waals surface area contributed by atoms with Crippen LogP contribution in [0, 0.1) is 6.92 Å². The van der Waals surface area contributed by atoms with E-state index in [1.807, 2.05) is 65.9 Å². The van der Waals surface area contributed by atoms with E-state index in [4.69, 9.17) is 16.3 Å². The van der Waals surface area contributed by atoms with Crippen molar-refractivity contribution in [1.29, 1.82) is 0 Å². The van der Waals surface area contributed by atoms with Gasteiger partial charge in [-0.1, -0.05) is 66.2 Å². The molecule has 0 saturated heterocycles. The van der Waals surface area contributed by atoms with E-state index >= 15 is 0 Å². The Morgan fingerprint density at radius 3 is 2.36 bits per heavy atom. The summed E-state index contributed by atoms with van der Waals surface area (Å²) in [7, 11) is 0. The van der Waals surface area contributed by atoms with Crippen molar-refractivity contribution >= 4 is 29.1 Å². The average molecular weight is 540 g/mol. The fourth-order valence-corrected chi connectivity index (χ4v) is 4.44. The highest BCUT2D eigenvalue weighted by Crippen LogP contribution is 2.25. The Balaban J connectivity index is 1.27. The largest absolute Gasteiger partial charge is 0.489 e. The van der Waals surface area contributed by atoms with Gasteiger partial charge in [-0.05, 0) is 54.4 Å². The number of carbonyl (C=O) groups excluding carboxylic acids is 1. The van der Waals surface area contributed by atoms with Gasteiger partial charge in [0.15, 0.2) is 0 Å². The van der Waals surface area contributed by atoms with Gasteiger partial charge in [0.1, 0.15) is 24.0 Å². The Morgan fingerprint density at radius 1 is 0.949 bits per heavy atom. The number of carbonyl (C=O) groups is 2. The smallest absolute Gasteiger partial charge is 0.326 e. The Labute approximate surface area is 230 Å². The Hall–Kier alpha value is -4.62. The number of carboxylic acids is 1. The zero-order chi connectivity index (χ0) is 27.4. The number of ether oxygens (including phenoxy) is 1. The molecule has 39 heavy (non-hydrogen) atoms. The summed E-state index contributed by atoms with van der Waals surface area (Å²) in [5.74, 6) is -0.911. The molecule has 3 aromatic carbocycles. The van der Waals surface area contributed by atoms with Crippen molar-refractivity contribution in [1.82, 2.24) is 14.7 Å². The van der Waals surface area contributed by atoms with Crippen LogP contribution in [0.2, 0.25) is 5.02 Å². The van der Waals surface area contributed by atoms with Crippen molar-refractivity contribution in [2.75, 3.05) is 0 Å². The van der Waals surface area contributed by atoms with Gasteiger partial charge < -0.3 is 19.6 Å². The van der Waals surface area contributed by atoms with Crippen LogP contribution in [0.15, 0.2) is 97.2 Å². The van der Waals surface area contributed by atoms with Crippen LogP contribution in [0.1, 0.15) is 27.2 Å². The zero-order valence-corrected chi connectivity index (χ0v) is 21.9. The first kappa shape index (κ1) is 26.0. The molecular weight excluding hydrogens is 514 g/mol. The van der Waals surface area contributed by atoms with Gasteiger partial charge in [-0.15, -0.1) is 0 Å². The molecule has 2 aromatic heterocycles. The summed E-state index contributed by atoms with van der Waals surface area (Å²) in [6, 6.07) is 26.7. The van der Waals surface area contributed by atoms with Crippen LogP contribution in [-0.4, -0.2) is 32.4 Å². The number of nitrogens with zero attached hydrogens (tertiary/aromatic N) is 2. The monoisotopic (exact) mass is 539 g/mol. The first-order valence-electron chi connectivity index (χ1n) is 12.4. The third-order valence-corrected chi connectivity index (χ3v) is 6.70. The zero-order valence-electron chi connectivity index (χ0n) is 21.2. The van der Waals surface area contributed by atoms with Crippen molar-refractivity contribution in [2.24, 2.45) is 0 Å². The molecule has 0 saturated carbocycles. The lowest BCUT2D eigenvalue weighted by Crippen LogP contribution is -2.42. The molecule has 2 N–H and O–H groups in total. The van der Waals surface area contributed by atoms with Gasteiger partial charge in [0, 0.05) is 28.9 Å². The molecule has 0 spiro atoms. The molecule has 196 valence electrons. The third kappa shape index (κ3) is 6.10. The SMILES string of the molecule is Cc1c(-c2ccc(Cl)cc2)nc2ccc(C(=O)NC(Cc3ccc(OCc4ccccc4)cc3)C(=O)O)cn12. The summed E-state index contributed by atoms with van der Waals surface area (Å²) in [5, 5.41) is 13.1. The minimum atomic E-state index is -1.11. The number of fused-ring (bicyclic) bond motifs is 1. The van der Waals surface area contributed by atoms with Crippen LogP contribution < -0.4 is 10.1 Å². The highest BCUT2D eigenvalue weighted by Gasteiger charge is 2.22. The standard InChI is InChI=1S/C31H26ClN3O4/c1-20-29(23-9-12-25(32)13-10-23)34-28-16-11-24(18-35(20)28)30(36)33-27(31(37)38)17-21-7-14-26(15-8-21)39-19-22-5-3-2-4-6-22/h2-16,18,27H,17,19H2,1H3,(H,33,36)(H,37,38). The number of pyridine rings is 1. The fraction of sp³-hybridized carbons (Fsp3) is 0.129. The van der Waals surface area contributed by atoms with Crippen molar-refractivity contribution in [2.45, 2.75) is 26.0 Å². The molecule has 8 heteroatoms. The number of aromatic nitrogens is 2. The van der Waals surface area contributed by atoms with Crippen LogP contribution in [0.25, 0.3) is 16.9 Å². The Bertz CT molecular complexity index is 1610. The second-order valence-corrected chi connectivity index (χ2v) is 9.62. The van der Waals surface area contributed by atoms with Gasteiger partial charge in [0.2, 0.25) is 0 Å². The van der Waals surface area contributed by atoms with E-state index in [2.05, 4.69) is 10.3 Å². The van der Waals surface area contributed by atoms with E-state index in [-0.39, 0.29) is 6.42 Å². The van der Waals surface area contributed by atoms with Gasteiger partial charge in [-0.25, -0.2) is 9.78 Å². The minimum absolute atomic E-state index is 0.132. The highest BCUT2D eigenvalue weighted by atomic mass is 35.5. The number of rotatable bonds is 9. The molecule has 0 radical (unpaired) electrons. The van der Waals surface area contributed by atoms with Crippen LogP contribution in [0.5, 0.6) is 5.75 Å². The maximum Gasteiger partial charge on any atom is 0.326 e. The van der Waals surface area contributed by atoms with Crippen molar-refractivity contribution < 1.29 is 19.4 Å². The lowest BCUT2D eigenvalue weighted by Gasteiger charge is -2.15. The number of carboxylic acid groups (broad SMARTS) is 1. The van der Waals surface area contributed by atoms with E-state index < -0.39 is 17.9 Å². The topological polar surface area (TPSA) is 92.9 Å². The van der Waals surface area contributed by atoms with Crippen LogP contribution in [0.4, 0.5) is 0 Å². The summed E-state index contributed by atoms with van der Waals surface area (Å²) < 4.78 is 7.62. The number of hydrogen-bond donors (Lipinski definition) is 2. The van der Waals surface area contributed by atoms with Gasteiger partial charge in [0.25, 0.3) is 5.91 Å². The second kappa shape index (κ2) is 11.4. The predicted molar refractivity (Wildman–Crippen MR) is 150 cm³/mol. The summed E-state index contributed by atoms with van der Waals surface area (Å²) in [6.07, 6.45) is 1.80. The van der Waals surface area contributed by atoms with E-state index in [1.54, 1.807) is 42.6 Å². The number of imidazole rings is 1. The van der Waals surface area contributed by atoms with Crippen molar-refractivity contribution in [3.63, 3.8) is 0 Å². The van der Waals surface area contributed by atoms with Crippen molar-refractivity contribution in [3.05, 3.63) is 125 Å². The maximum absolute atomic E-state index is 13.1. The number of nitrogens with one attached hydrogen (secondary N) is 1. The maximum atomic E-state index is 13.1. The normalized spacial score (nSPS) is 11.7. The van der Waals surface area contributed by atoms with Crippen LogP contribution in [0.3, 0.4) is 0 Å². The molecule has 1 amide bonds. The van der Waals surface area contributed by atoms with Gasteiger partial charge in [0.05, 0.1) is 11.3 Å². The Kier molecular flexibility index (Phi) is 7.61. The molecule has 5 aromatic rings. The fourth-order valence-electron chi connectivity index (χ4n) is 4.32. The lowest BCUT2D eigenvalue weighted by atomic mass is 10.1. The van der Waals surface area contributed by atoms with Gasteiger partial charge in [-0.2, -0.15) is 0 Å². The molecule has 0 fully saturated rings. The first-order chi connectivity index (χ1) is 18.9. The molecule has 0 aliphatic rings. The third-order valence-electron chi connectivity index (χ3n) is 6.45. The summed E-state index contributed by atoms with van der Waals surface area (Å²) in [5.41, 5.74) is 5.38. The van der Waals surface area contributed by atoms with E-state index in [1.165, 1.54) is 0 Å². The number of hydrogen-bond acceptors (Lipinski definition) is 4. The minimum Gasteiger partial charge on any atom is -0.489 e.